The third kappa shape index (κ3) is 2.46. The first-order valence-corrected chi connectivity index (χ1v) is 8.04. The van der Waals surface area contributed by atoms with Gasteiger partial charge in [0.2, 0.25) is 0 Å². The third-order valence-corrected chi connectivity index (χ3v) is 3.92. The van der Waals surface area contributed by atoms with E-state index in [1.54, 1.807) is 20.8 Å². The van der Waals surface area contributed by atoms with E-state index in [0.717, 1.165) is 15.2 Å². The first-order valence-electron chi connectivity index (χ1n) is 8.04. The van der Waals surface area contributed by atoms with Crippen molar-refractivity contribution >= 4 is 33.4 Å². The zero-order valence-electron chi connectivity index (χ0n) is 14.4. The molecule has 0 saturated carbocycles. The first-order chi connectivity index (χ1) is 12.2. The maximum absolute atomic E-state index is 12.5. The van der Waals surface area contributed by atoms with Gasteiger partial charge in [-0.25, -0.2) is 14.4 Å². The van der Waals surface area contributed by atoms with Gasteiger partial charge in [0.25, 0.3) is 0 Å². The predicted molar refractivity (Wildman–Crippen MR) is 96.7 cm³/mol. The summed E-state index contributed by atoms with van der Waals surface area (Å²) in [5, 5.41) is 6.49. The maximum Gasteiger partial charge on any atom is 0.439 e. The van der Waals surface area contributed by atoms with Crippen molar-refractivity contribution in [3.8, 4) is 0 Å². The predicted octanol–water partition coefficient (Wildman–Crippen LogP) is 2.27. The van der Waals surface area contributed by atoms with Crippen LogP contribution in [-0.4, -0.2) is 30.9 Å². The number of benzene rings is 2. The molecule has 0 aliphatic carbocycles. The van der Waals surface area contributed by atoms with Gasteiger partial charge < -0.3 is 9.72 Å². The van der Waals surface area contributed by atoms with Crippen molar-refractivity contribution in [1.29, 1.82) is 0 Å². The van der Waals surface area contributed by atoms with E-state index in [0.29, 0.717) is 15.6 Å². The van der Waals surface area contributed by atoms with Crippen LogP contribution >= 0.6 is 0 Å². The molecule has 2 aromatic carbocycles. The van der Waals surface area contributed by atoms with Crippen molar-refractivity contribution in [2.45, 2.75) is 26.4 Å². The largest absolute Gasteiger partial charge is 0.442 e. The highest BCUT2D eigenvalue weighted by molar-refractivity contribution is 6.02. The van der Waals surface area contributed by atoms with Crippen LogP contribution in [0.1, 0.15) is 20.8 Å². The number of aromatic amines is 1. The van der Waals surface area contributed by atoms with Crippen molar-refractivity contribution in [2.75, 3.05) is 0 Å². The van der Waals surface area contributed by atoms with Gasteiger partial charge in [-0.1, -0.05) is 24.3 Å². The van der Waals surface area contributed by atoms with Crippen LogP contribution in [0, 0.1) is 0 Å². The van der Waals surface area contributed by atoms with Gasteiger partial charge in [0.1, 0.15) is 5.60 Å². The number of hydrogen-bond donors (Lipinski definition) is 1. The number of nitrogens with zero attached hydrogens (tertiary/aromatic N) is 3. The second-order valence-corrected chi connectivity index (χ2v) is 7.01. The fourth-order valence-electron chi connectivity index (χ4n) is 2.85. The molecule has 0 spiro atoms. The van der Waals surface area contributed by atoms with Crippen molar-refractivity contribution < 1.29 is 9.53 Å². The van der Waals surface area contributed by atoms with Gasteiger partial charge in [0, 0.05) is 5.39 Å². The average Bonchev–Trinajstić information content (AvgIpc) is 2.90. The minimum absolute atomic E-state index is 0.102. The number of carbonyl (C=O) groups excluding carboxylic acids is 1. The van der Waals surface area contributed by atoms with Crippen LogP contribution in [-0.2, 0) is 4.74 Å². The van der Waals surface area contributed by atoms with Crippen molar-refractivity contribution in [1.82, 2.24) is 19.2 Å². The molecule has 8 heteroatoms. The van der Waals surface area contributed by atoms with Crippen LogP contribution in [0.25, 0.3) is 27.3 Å². The summed E-state index contributed by atoms with van der Waals surface area (Å²) >= 11 is 0. The number of carbonyl (C=O) groups is 1. The molecule has 0 aliphatic rings. The van der Waals surface area contributed by atoms with Gasteiger partial charge in [-0.15, -0.1) is 9.78 Å². The summed E-state index contributed by atoms with van der Waals surface area (Å²) in [6.45, 7) is 5.04. The normalized spacial score (nSPS) is 12.1. The summed E-state index contributed by atoms with van der Waals surface area (Å²) in [6, 6.07) is 11.3. The molecular formula is C18H16N4O4. The maximum atomic E-state index is 12.5. The Balaban J connectivity index is 2.06. The quantitative estimate of drug-likeness (QED) is 0.490. The standard InChI is InChI=1S/C18H16N4O4/c1-18(2,3)26-17(25)22-16(24)21-14(20-22)12-8-10-6-4-5-7-11(10)9-13(12)19-15(21)23/h4-9H,1-3H3,(H,19,23). The summed E-state index contributed by atoms with van der Waals surface area (Å²) < 4.78 is 6.60. The molecule has 8 nitrogen and oxygen atoms in total. The topological polar surface area (TPSA) is 98.5 Å². The number of nitrogens with one attached hydrogen (secondary N) is 1. The van der Waals surface area contributed by atoms with E-state index in [-0.39, 0.29) is 5.65 Å². The van der Waals surface area contributed by atoms with E-state index in [4.69, 9.17) is 4.74 Å². The lowest BCUT2D eigenvalue weighted by molar-refractivity contribution is 0.0508. The summed E-state index contributed by atoms with van der Waals surface area (Å²) in [5.74, 6) is 0. The molecule has 0 saturated heterocycles. The Kier molecular flexibility index (Phi) is 3.27. The van der Waals surface area contributed by atoms with E-state index in [2.05, 4.69) is 10.1 Å². The SMILES string of the molecule is CC(C)(C)OC(=O)n1nc2c3cc4ccccc4cc3[nH]c(=O)n2c1=O. The Morgan fingerprint density at radius 3 is 2.42 bits per heavy atom. The zero-order chi connectivity index (χ0) is 18.6. The molecule has 0 unspecified atom stereocenters. The summed E-state index contributed by atoms with van der Waals surface area (Å²) in [5.41, 5.74) is -1.70. The number of aromatic nitrogens is 4. The Hall–Kier alpha value is -3.42. The van der Waals surface area contributed by atoms with Crippen LogP contribution in [0.15, 0.2) is 46.0 Å². The lowest BCUT2D eigenvalue weighted by atomic mass is 10.1. The molecule has 0 atom stereocenters. The lowest BCUT2D eigenvalue weighted by Gasteiger charge is -2.18. The van der Waals surface area contributed by atoms with E-state index in [1.807, 2.05) is 36.4 Å². The van der Waals surface area contributed by atoms with Gasteiger partial charge >= 0.3 is 17.5 Å². The van der Waals surface area contributed by atoms with Gasteiger partial charge in [-0.2, -0.15) is 4.40 Å². The number of rotatable bonds is 0. The van der Waals surface area contributed by atoms with Crippen LogP contribution in [0.4, 0.5) is 4.79 Å². The van der Waals surface area contributed by atoms with Crippen LogP contribution < -0.4 is 11.4 Å². The Labute approximate surface area is 146 Å². The molecule has 2 heterocycles. The minimum atomic E-state index is -0.931. The lowest BCUT2D eigenvalue weighted by Crippen LogP contribution is -2.36. The van der Waals surface area contributed by atoms with Crippen LogP contribution in [0.2, 0.25) is 0 Å². The van der Waals surface area contributed by atoms with Gasteiger partial charge in [0.05, 0.1) is 5.52 Å². The Morgan fingerprint density at radius 2 is 1.77 bits per heavy atom. The second-order valence-electron chi connectivity index (χ2n) is 7.01. The van der Waals surface area contributed by atoms with Crippen molar-refractivity contribution in [2.24, 2.45) is 0 Å². The summed E-state index contributed by atoms with van der Waals surface area (Å²) in [4.78, 5) is 39.8. The fraction of sp³-hybridized carbons (Fsp3) is 0.222. The highest BCUT2D eigenvalue weighted by atomic mass is 16.6. The summed E-state index contributed by atoms with van der Waals surface area (Å²) in [6.07, 6.45) is -0.931. The highest BCUT2D eigenvalue weighted by Crippen LogP contribution is 2.22. The molecule has 132 valence electrons. The fourth-order valence-corrected chi connectivity index (χ4v) is 2.85. The monoisotopic (exact) mass is 352 g/mol. The van der Waals surface area contributed by atoms with Crippen molar-refractivity contribution in [3.63, 3.8) is 0 Å². The first kappa shape index (κ1) is 16.1. The van der Waals surface area contributed by atoms with Crippen LogP contribution in [0.5, 0.6) is 0 Å². The van der Waals surface area contributed by atoms with Crippen LogP contribution in [0.3, 0.4) is 0 Å². The van der Waals surface area contributed by atoms with E-state index in [9.17, 15) is 14.4 Å². The smallest absolute Gasteiger partial charge is 0.439 e. The van der Waals surface area contributed by atoms with Gasteiger partial charge in [0.15, 0.2) is 5.65 Å². The Morgan fingerprint density at radius 1 is 1.12 bits per heavy atom. The molecular weight excluding hydrogens is 336 g/mol. The molecule has 26 heavy (non-hydrogen) atoms. The number of hydrogen-bond acceptors (Lipinski definition) is 5. The molecule has 0 amide bonds. The average molecular weight is 352 g/mol. The number of H-pyrrole nitrogens is 1. The van der Waals surface area contributed by atoms with Crippen molar-refractivity contribution in [3.05, 3.63) is 57.4 Å². The molecule has 0 radical (unpaired) electrons. The number of fused-ring (bicyclic) bond motifs is 4. The summed E-state index contributed by atoms with van der Waals surface area (Å²) in [7, 11) is 0. The highest BCUT2D eigenvalue weighted by Gasteiger charge is 2.23. The molecule has 4 aromatic rings. The van der Waals surface area contributed by atoms with Gasteiger partial charge in [-0.05, 0) is 43.7 Å². The molecule has 4 rings (SSSR count). The van der Waals surface area contributed by atoms with E-state index >= 15 is 0 Å². The van der Waals surface area contributed by atoms with E-state index in [1.165, 1.54) is 0 Å². The minimum Gasteiger partial charge on any atom is -0.442 e. The zero-order valence-corrected chi connectivity index (χ0v) is 14.4. The number of ether oxygens (including phenoxy) is 1. The molecule has 1 N–H and O–H groups in total. The molecule has 2 aromatic heterocycles. The molecule has 0 aliphatic heterocycles. The molecule has 0 fully saturated rings. The molecule has 0 bridgehead atoms. The van der Waals surface area contributed by atoms with E-state index < -0.39 is 23.1 Å². The third-order valence-electron chi connectivity index (χ3n) is 3.92. The van der Waals surface area contributed by atoms with Gasteiger partial charge in [-0.3, -0.25) is 0 Å². The second kappa shape index (κ2) is 5.29. The Bertz CT molecular complexity index is 1300.